The summed E-state index contributed by atoms with van der Waals surface area (Å²) in [7, 11) is 1.62. The van der Waals surface area contributed by atoms with Gasteiger partial charge in [-0.15, -0.1) is 0 Å². The van der Waals surface area contributed by atoms with Crippen LogP contribution in [0.2, 0.25) is 0 Å². The van der Waals surface area contributed by atoms with E-state index in [4.69, 9.17) is 10.00 Å². The molecule has 1 heterocycles. The molecule has 0 radical (unpaired) electrons. The first-order chi connectivity index (χ1) is 6.61. The van der Waals surface area contributed by atoms with Crippen molar-refractivity contribution >= 4 is 15.9 Å². The molecule has 0 N–H and O–H groups in total. The summed E-state index contributed by atoms with van der Waals surface area (Å²) in [6.07, 6.45) is 1.72. The SMILES string of the molecule is COc1c(C)cnc(C(Br)C#N)c1C. The van der Waals surface area contributed by atoms with E-state index in [2.05, 4.69) is 27.0 Å². The molecule has 0 aliphatic rings. The molecular weight excluding hydrogens is 244 g/mol. The van der Waals surface area contributed by atoms with Crippen LogP contribution >= 0.6 is 15.9 Å². The molecule has 1 aromatic heterocycles. The summed E-state index contributed by atoms with van der Waals surface area (Å²) in [5, 5.41) is 8.77. The van der Waals surface area contributed by atoms with Crippen LogP contribution in [0.1, 0.15) is 21.6 Å². The summed E-state index contributed by atoms with van der Waals surface area (Å²) < 4.78 is 5.24. The molecule has 1 rings (SSSR count). The zero-order valence-electron chi connectivity index (χ0n) is 8.34. The van der Waals surface area contributed by atoms with E-state index in [1.54, 1.807) is 13.3 Å². The Labute approximate surface area is 91.8 Å². The number of halogens is 1. The van der Waals surface area contributed by atoms with Gasteiger partial charge in [-0.1, -0.05) is 15.9 Å². The second-order valence-electron chi connectivity index (χ2n) is 2.98. The monoisotopic (exact) mass is 254 g/mol. The second-order valence-corrected chi connectivity index (χ2v) is 3.89. The van der Waals surface area contributed by atoms with Gasteiger partial charge in [0.1, 0.15) is 10.6 Å². The molecule has 0 aliphatic heterocycles. The third kappa shape index (κ3) is 1.88. The van der Waals surface area contributed by atoms with Gasteiger partial charge >= 0.3 is 0 Å². The first-order valence-electron chi connectivity index (χ1n) is 4.15. The molecule has 1 atom stereocenters. The number of alkyl halides is 1. The van der Waals surface area contributed by atoms with Crippen LogP contribution in [-0.4, -0.2) is 12.1 Å². The molecule has 1 aromatic rings. The molecule has 0 spiro atoms. The van der Waals surface area contributed by atoms with Gasteiger partial charge in [0.15, 0.2) is 0 Å². The van der Waals surface area contributed by atoms with Gasteiger partial charge in [-0.25, -0.2) is 0 Å². The number of nitrogens with zero attached hydrogens (tertiary/aromatic N) is 2. The number of pyridine rings is 1. The smallest absolute Gasteiger partial charge is 0.143 e. The van der Waals surface area contributed by atoms with Crippen molar-refractivity contribution < 1.29 is 4.74 Å². The van der Waals surface area contributed by atoms with Crippen molar-refractivity contribution in [3.8, 4) is 11.8 Å². The average Bonchev–Trinajstić information content (AvgIpc) is 2.18. The maximum absolute atomic E-state index is 8.77. The lowest BCUT2D eigenvalue weighted by Crippen LogP contribution is -2.00. The van der Waals surface area contributed by atoms with Gasteiger partial charge in [-0.05, 0) is 13.8 Å². The standard InChI is InChI=1S/C10H11BrN2O/c1-6-5-13-9(8(11)4-12)7(2)10(6)14-3/h5,8H,1-3H3. The first-order valence-corrected chi connectivity index (χ1v) is 5.07. The van der Waals surface area contributed by atoms with Crippen LogP contribution in [0.5, 0.6) is 5.75 Å². The normalized spacial score (nSPS) is 11.9. The Bertz CT molecular complexity index is 384. The molecule has 4 heteroatoms. The van der Waals surface area contributed by atoms with E-state index in [0.29, 0.717) is 0 Å². The molecule has 0 aliphatic carbocycles. The Balaban J connectivity index is 3.29. The highest BCUT2D eigenvalue weighted by atomic mass is 79.9. The molecular formula is C10H11BrN2O. The van der Waals surface area contributed by atoms with E-state index in [0.717, 1.165) is 22.6 Å². The minimum absolute atomic E-state index is 0.378. The van der Waals surface area contributed by atoms with Crippen molar-refractivity contribution in [1.29, 1.82) is 5.26 Å². The third-order valence-electron chi connectivity index (χ3n) is 2.04. The highest BCUT2D eigenvalue weighted by Crippen LogP contribution is 2.30. The summed E-state index contributed by atoms with van der Waals surface area (Å²) in [5.74, 6) is 0.801. The molecule has 3 nitrogen and oxygen atoms in total. The molecule has 0 saturated heterocycles. The predicted octanol–water partition coefficient (Wildman–Crippen LogP) is 2.67. The van der Waals surface area contributed by atoms with Crippen LogP contribution in [0.25, 0.3) is 0 Å². The quantitative estimate of drug-likeness (QED) is 0.763. The van der Waals surface area contributed by atoms with Crippen LogP contribution in [0.3, 0.4) is 0 Å². The summed E-state index contributed by atoms with van der Waals surface area (Å²) in [5.41, 5.74) is 2.61. The third-order valence-corrected chi connectivity index (χ3v) is 2.68. The highest BCUT2D eigenvalue weighted by Gasteiger charge is 2.15. The van der Waals surface area contributed by atoms with Crippen LogP contribution < -0.4 is 4.74 Å². The number of rotatable bonds is 2. The molecule has 0 bridgehead atoms. The molecule has 0 saturated carbocycles. The average molecular weight is 255 g/mol. The van der Waals surface area contributed by atoms with Crippen molar-refractivity contribution in [2.45, 2.75) is 18.7 Å². The lowest BCUT2D eigenvalue weighted by molar-refractivity contribution is 0.407. The minimum atomic E-state index is -0.378. The maximum Gasteiger partial charge on any atom is 0.143 e. The Morgan fingerprint density at radius 1 is 1.57 bits per heavy atom. The van der Waals surface area contributed by atoms with E-state index < -0.39 is 0 Å². The predicted molar refractivity (Wildman–Crippen MR) is 57.5 cm³/mol. The Morgan fingerprint density at radius 3 is 2.71 bits per heavy atom. The van der Waals surface area contributed by atoms with Gasteiger partial charge in [0, 0.05) is 17.3 Å². The van der Waals surface area contributed by atoms with Crippen molar-refractivity contribution in [1.82, 2.24) is 4.98 Å². The van der Waals surface area contributed by atoms with Crippen LogP contribution in [0.15, 0.2) is 6.20 Å². The number of aryl methyl sites for hydroxylation is 1. The molecule has 0 fully saturated rings. The van der Waals surface area contributed by atoms with E-state index in [9.17, 15) is 0 Å². The topological polar surface area (TPSA) is 45.9 Å². The van der Waals surface area contributed by atoms with Gasteiger partial charge in [-0.3, -0.25) is 4.98 Å². The fraction of sp³-hybridized carbons (Fsp3) is 0.400. The number of methoxy groups -OCH3 is 1. The van der Waals surface area contributed by atoms with Gasteiger partial charge in [-0.2, -0.15) is 5.26 Å². The Kier molecular flexibility index (Phi) is 3.48. The first kappa shape index (κ1) is 11.0. The van der Waals surface area contributed by atoms with Gasteiger partial charge in [0.25, 0.3) is 0 Å². The Hall–Kier alpha value is -1.08. The highest BCUT2D eigenvalue weighted by molar-refractivity contribution is 9.09. The largest absolute Gasteiger partial charge is 0.496 e. The number of hydrogen-bond acceptors (Lipinski definition) is 3. The van der Waals surface area contributed by atoms with Crippen LogP contribution in [-0.2, 0) is 0 Å². The molecule has 0 amide bonds. The van der Waals surface area contributed by atoms with Gasteiger partial charge in [0.2, 0.25) is 0 Å². The minimum Gasteiger partial charge on any atom is -0.496 e. The van der Waals surface area contributed by atoms with Crippen LogP contribution in [0, 0.1) is 25.2 Å². The van der Waals surface area contributed by atoms with Crippen molar-refractivity contribution in [3.05, 3.63) is 23.0 Å². The molecule has 14 heavy (non-hydrogen) atoms. The van der Waals surface area contributed by atoms with E-state index in [1.807, 2.05) is 13.8 Å². The van der Waals surface area contributed by atoms with Crippen molar-refractivity contribution in [2.75, 3.05) is 7.11 Å². The van der Waals surface area contributed by atoms with Crippen molar-refractivity contribution in [3.63, 3.8) is 0 Å². The van der Waals surface area contributed by atoms with Gasteiger partial charge in [0.05, 0.1) is 18.9 Å². The van der Waals surface area contributed by atoms with E-state index >= 15 is 0 Å². The summed E-state index contributed by atoms with van der Waals surface area (Å²) in [6.45, 7) is 3.83. The van der Waals surface area contributed by atoms with E-state index in [-0.39, 0.29) is 4.83 Å². The van der Waals surface area contributed by atoms with Crippen LogP contribution in [0.4, 0.5) is 0 Å². The lowest BCUT2D eigenvalue weighted by atomic mass is 10.1. The zero-order valence-corrected chi connectivity index (χ0v) is 9.92. The molecule has 74 valence electrons. The fourth-order valence-corrected chi connectivity index (χ4v) is 1.83. The summed E-state index contributed by atoms with van der Waals surface area (Å²) in [6, 6.07) is 2.09. The second kappa shape index (κ2) is 4.43. The number of hydrogen-bond donors (Lipinski definition) is 0. The maximum atomic E-state index is 8.77. The Morgan fingerprint density at radius 2 is 2.21 bits per heavy atom. The summed E-state index contributed by atoms with van der Waals surface area (Å²) >= 11 is 3.24. The fourth-order valence-electron chi connectivity index (χ4n) is 1.36. The number of nitriles is 1. The zero-order chi connectivity index (χ0) is 10.7. The molecule has 1 unspecified atom stereocenters. The van der Waals surface area contributed by atoms with Gasteiger partial charge < -0.3 is 4.74 Å². The lowest BCUT2D eigenvalue weighted by Gasteiger charge is -2.12. The number of ether oxygens (including phenoxy) is 1. The molecule has 0 aromatic carbocycles. The summed E-state index contributed by atoms with van der Waals surface area (Å²) in [4.78, 5) is 3.83. The number of aromatic nitrogens is 1. The van der Waals surface area contributed by atoms with E-state index in [1.165, 1.54) is 0 Å². The van der Waals surface area contributed by atoms with Crippen molar-refractivity contribution in [2.24, 2.45) is 0 Å².